The smallest absolute Gasteiger partial charge is 0.414 e. The second-order valence-electron chi connectivity index (χ2n) is 5.80. The number of cyclic esters (lactones) is 1. The van der Waals surface area contributed by atoms with Crippen LogP contribution in [0.3, 0.4) is 0 Å². The third-order valence-corrected chi connectivity index (χ3v) is 4.28. The molecule has 0 fully saturated rings. The van der Waals surface area contributed by atoms with Gasteiger partial charge < -0.3 is 10.1 Å². The molecule has 1 amide bonds. The van der Waals surface area contributed by atoms with E-state index >= 15 is 0 Å². The Bertz CT molecular complexity index is 726. The van der Waals surface area contributed by atoms with E-state index < -0.39 is 5.60 Å². The predicted molar refractivity (Wildman–Crippen MR) is 91.8 cm³/mol. The Hall–Kier alpha value is -2.01. The molecule has 1 aliphatic rings. The van der Waals surface area contributed by atoms with Gasteiger partial charge in [0, 0.05) is 28.5 Å². The van der Waals surface area contributed by atoms with Gasteiger partial charge in [0.1, 0.15) is 5.60 Å². The molecule has 114 valence electrons. The molecule has 0 radical (unpaired) electrons. The number of anilines is 3. The molecule has 0 unspecified atom stereocenters. The van der Waals surface area contributed by atoms with Crippen molar-refractivity contribution >= 4 is 39.1 Å². The summed E-state index contributed by atoms with van der Waals surface area (Å²) in [5.74, 6) is 0. The van der Waals surface area contributed by atoms with Gasteiger partial charge in [0.25, 0.3) is 0 Å². The fourth-order valence-corrected chi connectivity index (χ4v) is 2.79. The molecule has 4 nitrogen and oxygen atoms in total. The highest BCUT2D eigenvalue weighted by Gasteiger charge is 2.36. The van der Waals surface area contributed by atoms with Gasteiger partial charge in [0.05, 0.1) is 5.69 Å². The van der Waals surface area contributed by atoms with Crippen LogP contribution in [0.25, 0.3) is 0 Å². The van der Waals surface area contributed by atoms with E-state index in [1.165, 1.54) is 4.90 Å². The Balaban J connectivity index is 1.96. The average molecular weight is 361 g/mol. The number of ether oxygens (including phenoxy) is 1. The third-order valence-electron chi connectivity index (χ3n) is 3.76. The van der Waals surface area contributed by atoms with Crippen molar-refractivity contribution in [2.75, 3.05) is 17.3 Å². The molecule has 0 aromatic heterocycles. The lowest BCUT2D eigenvalue weighted by atomic mass is 9.93. The lowest BCUT2D eigenvalue weighted by Crippen LogP contribution is -2.41. The lowest BCUT2D eigenvalue weighted by Gasteiger charge is -2.37. The van der Waals surface area contributed by atoms with E-state index in [-0.39, 0.29) is 6.09 Å². The summed E-state index contributed by atoms with van der Waals surface area (Å²) in [6.45, 7) is 3.81. The van der Waals surface area contributed by atoms with E-state index in [4.69, 9.17) is 4.74 Å². The summed E-state index contributed by atoms with van der Waals surface area (Å²) < 4.78 is 6.53. The first-order valence-corrected chi connectivity index (χ1v) is 7.80. The van der Waals surface area contributed by atoms with E-state index in [9.17, 15) is 4.79 Å². The van der Waals surface area contributed by atoms with Gasteiger partial charge in [-0.25, -0.2) is 4.79 Å². The van der Waals surface area contributed by atoms with Crippen LogP contribution >= 0.6 is 15.9 Å². The van der Waals surface area contributed by atoms with Gasteiger partial charge in [-0.05, 0) is 56.3 Å². The lowest BCUT2D eigenvalue weighted by molar-refractivity contribution is 0.0362. The normalized spacial score (nSPS) is 16.0. The van der Waals surface area contributed by atoms with Gasteiger partial charge in [-0.2, -0.15) is 0 Å². The molecule has 1 N–H and O–H groups in total. The maximum atomic E-state index is 11.9. The number of benzene rings is 2. The molecule has 22 heavy (non-hydrogen) atoms. The van der Waals surface area contributed by atoms with Crippen molar-refractivity contribution in [3.63, 3.8) is 0 Å². The van der Waals surface area contributed by atoms with E-state index in [1.54, 1.807) is 7.05 Å². The van der Waals surface area contributed by atoms with Crippen molar-refractivity contribution in [2.24, 2.45) is 0 Å². The number of carbonyl (C=O) groups excluding carboxylic acids is 1. The minimum absolute atomic E-state index is 0.328. The van der Waals surface area contributed by atoms with Crippen LogP contribution in [0.2, 0.25) is 0 Å². The average Bonchev–Trinajstić information content (AvgIpc) is 2.47. The van der Waals surface area contributed by atoms with E-state index in [1.807, 2.05) is 56.3 Å². The fourth-order valence-electron chi connectivity index (χ4n) is 2.53. The number of nitrogens with one attached hydrogen (secondary N) is 1. The molecule has 3 rings (SSSR count). The highest BCUT2D eigenvalue weighted by molar-refractivity contribution is 9.10. The standard InChI is InChI=1S/C17H17BrN2O2/c1-17(2)14-10-13(19-12-6-4-11(18)5-7-12)8-9-15(14)20(3)16(21)22-17/h4-10,19H,1-3H3. The zero-order valence-electron chi connectivity index (χ0n) is 12.7. The van der Waals surface area contributed by atoms with Crippen molar-refractivity contribution in [1.82, 2.24) is 0 Å². The van der Waals surface area contributed by atoms with Crippen LogP contribution < -0.4 is 10.2 Å². The van der Waals surface area contributed by atoms with Crippen molar-refractivity contribution < 1.29 is 9.53 Å². The van der Waals surface area contributed by atoms with Crippen LogP contribution in [0.1, 0.15) is 19.4 Å². The van der Waals surface area contributed by atoms with E-state index in [0.717, 1.165) is 27.1 Å². The second-order valence-corrected chi connectivity index (χ2v) is 6.72. The fraction of sp³-hybridized carbons (Fsp3) is 0.235. The molecule has 2 aromatic rings. The SMILES string of the molecule is CN1C(=O)OC(C)(C)c2cc(Nc3ccc(Br)cc3)ccc21. The van der Waals surface area contributed by atoms with Crippen LogP contribution in [-0.4, -0.2) is 13.1 Å². The number of halogens is 1. The highest BCUT2D eigenvalue weighted by Crippen LogP contribution is 2.39. The molecular formula is C17H17BrN2O2. The van der Waals surface area contributed by atoms with E-state index in [2.05, 4.69) is 21.2 Å². The molecular weight excluding hydrogens is 344 g/mol. The number of fused-ring (bicyclic) bond motifs is 1. The number of rotatable bonds is 2. The zero-order chi connectivity index (χ0) is 15.9. The van der Waals surface area contributed by atoms with Crippen molar-refractivity contribution in [3.8, 4) is 0 Å². The van der Waals surface area contributed by atoms with Crippen LogP contribution in [0.15, 0.2) is 46.9 Å². The van der Waals surface area contributed by atoms with Gasteiger partial charge in [0.15, 0.2) is 0 Å². The van der Waals surface area contributed by atoms with Crippen LogP contribution in [0.4, 0.5) is 21.9 Å². The summed E-state index contributed by atoms with van der Waals surface area (Å²) >= 11 is 3.43. The first-order chi connectivity index (χ1) is 10.4. The van der Waals surface area contributed by atoms with Crippen molar-refractivity contribution in [1.29, 1.82) is 0 Å². The Labute approximate surface area is 138 Å². The molecule has 0 aliphatic carbocycles. The maximum Gasteiger partial charge on any atom is 0.414 e. The summed E-state index contributed by atoms with van der Waals surface area (Å²) in [6.07, 6.45) is -0.328. The van der Waals surface area contributed by atoms with Crippen molar-refractivity contribution in [3.05, 3.63) is 52.5 Å². The predicted octanol–water partition coefficient (Wildman–Crippen LogP) is 5.01. The van der Waals surface area contributed by atoms with Crippen LogP contribution in [0, 0.1) is 0 Å². The molecule has 0 spiro atoms. The molecule has 0 saturated carbocycles. The molecule has 1 aliphatic heterocycles. The van der Waals surface area contributed by atoms with Gasteiger partial charge in [-0.1, -0.05) is 15.9 Å². The molecule has 2 aromatic carbocycles. The van der Waals surface area contributed by atoms with Gasteiger partial charge in [-0.3, -0.25) is 4.90 Å². The molecule has 1 heterocycles. The Morgan fingerprint density at radius 1 is 1.09 bits per heavy atom. The zero-order valence-corrected chi connectivity index (χ0v) is 14.3. The molecule has 0 atom stereocenters. The number of carbonyl (C=O) groups is 1. The summed E-state index contributed by atoms with van der Waals surface area (Å²) in [5.41, 5.74) is 3.18. The summed E-state index contributed by atoms with van der Waals surface area (Å²) in [7, 11) is 1.72. The van der Waals surface area contributed by atoms with Crippen LogP contribution in [-0.2, 0) is 10.3 Å². The molecule has 5 heteroatoms. The molecule has 0 saturated heterocycles. The minimum atomic E-state index is -0.643. The third kappa shape index (κ3) is 2.68. The summed E-state index contributed by atoms with van der Waals surface area (Å²) in [6, 6.07) is 13.9. The Kier molecular flexibility index (Phi) is 3.60. The van der Waals surface area contributed by atoms with Gasteiger partial charge >= 0.3 is 6.09 Å². The summed E-state index contributed by atoms with van der Waals surface area (Å²) in [4.78, 5) is 13.4. The first kappa shape index (κ1) is 14.9. The topological polar surface area (TPSA) is 41.6 Å². The highest BCUT2D eigenvalue weighted by atomic mass is 79.9. The second kappa shape index (κ2) is 5.32. The number of hydrogen-bond donors (Lipinski definition) is 1. The summed E-state index contributed by atoms with van der Waals surface area (Å²) in [5, 5.41) is 3.37. The Morgan fingerprint density at radius 3 is 2.41 bits per heavy atom. The van der Waals surface area contributed by atoms with Gasteiger partial charge in [0.2, 0.25) is 0 Å². The Morgan fingerprint density at radius 2 is 1.73 bits per heavy atom. The minimum Gasteiger partial charge on any atom is -0.438 e. The number of nitrogens with zero attached hydrogens (tertiary/aromatic N) is 1. The quantitative estimate of drug-likeness (QED) is 0.817. The van der Waals surface area contributed by atoms with Crippen molar-refractivity contribution in [2.45, 2.75) is 19.4 Å². The molecule has 0 bridgehead atoms. The number of amides is 1. The van der Waals surface area contributed by atoms with E-state index in [0.29, 0.717) is 0 Å². The first-order valence-electron chi connectivity index (χ1n) is 7.01. The largest absolute Gasteiger partial charge is 0.438 e. The van der Waals surface area contributed by atoms with Crippen LogP contribution in [0.5, 0.6) is 0 Å². The maximum absolute atomic E-state index is 11.9. The number of hydrogen-bond acceptors (Lipinski definition) is 3. The monoisotopic (exact) mass is 360 g/mol. The van der Waals surface area contributed by atoms with Gasteiger partial charge in [-0.15, -0.1) is 0 Å².